The van der Waals surface area contributed by atoms with Crippen LogP contribution in [0.1, 0.15) is 24.1 Å². The SMILES string of the molecule is COc1ccsc1CN1CCC2(CCNCC2)C1.Cl. The van der Waals surface area contributed by atoms with Crippen molar-refractivity contribution in [2.75, 3.05) is 33.3 Å². The van der Waals surface area contributed by atoms with Gasteiger partial charge < -0.3 is 10.1 Å². The smallest absolute Gasteiger partial charge is 0.134 e. The van der Waals surface area contributed by atoms with Crippen LogP contribution in [0.25, 0.3) is 0 Å². The Balaban J connectivity index is 0.00000133. The minimum atomic E-state index is 0. The van der Waals surface area contributed by atoms with E-state index < -0.39 is 0 Å². The van der Waals surface area contributed by atoms with E-state index in [1.807, 2.05) is 11.3 Å². The quantitative estimate of drug-likeness (QED) is 0.929. The molecule has 1 aromatic rings. The zero-order chi connectivity index (χ0) is 12.4. The molecule has 108 valence electrons. The summed E-state index contributed by atoms with van der Waals surface area (Å²) in [5, 5.41) is 5.61. The number of piperidine rings is 1. The first-order valence-electron chi connectivity index (χ1n) is 6.85. The van der Waals surface area contributed by atoms with Crippen LogP contribution in [0.5, 0.6) is 5.75 Å². The zero-order valence-corrected chi connectivity index (χ0v) is 13.1. The average Bonchev–Trinajstić information content (AvgIpc) is 2.99. The van der Waals surface area contributed by atoms with Crippen molar-refractivity contribution in [3.05, 3.63) is 16.3 Å². The molecular formula is C14H23ClN2OS. The second-order valence-corrected chi connectivity index (χ2v) is 6.62. The van der Waals surface area contributed by atoms with E-state index in [0.717, 1.165) is 12.3 Å². The van der Waals surface area contributed by atoms with Gasteiger partial charge in [-0.25, -0.2) is 0 Å². The summed E-state index contributed by atoms with van der Waals surface area (Å²) in [5.74, 6) is 1.06. The van der Waals surface area contributed by atoms with Crippen molar-refractivity contribution in [3.8, 4) is 5.75 Å². The summed E-state index contributed by atoms with van der Waals surface area (Å²) in [7, 11) is 1.77. The number of nitrogens with zero attached hydrogens (tertiary/aromatic N) is 1. The van der Waals surface area contributed by atoms with Gasteiger partial charge in [-0.1, -0.05) is 0 Å². The van der Waals surface area contributed by atoms with Crippen LogP contribution in [0.3, 0.4) is 0 Å². The monoisotopic (exact) mass is 302 g/mol. The third-order valence-corrected chi connectivity index (χ3v) is 5.36. The fourth-order valence-electron chi connectivity index (χ4n) is 3.36. The lowest BCUT2D eigenvalue weighted by Crippen LogP contribution is -2.38. The molecule has 5 heteroatoms. The highest BCUT2D eigenvalue weighted by atomic mass is 35.5. The van der Waals surface area contributed by atoms with Crippen molar-refractivity contribution in [2.45, 2.75) is 25.8 Å². The lowest BCUT2D eigenvalue weighted by atomic mass is 9.78. The van der Waals surface area contributed by atoms with Crippen LogP contribution < -0.4 is 10.1 Å². The summed E-state index contributed by atoms with van der Waals surface area (Å²) in [6.45, 7) is 6.00. The molecule has 2 aliphatic rings. The van der Waals surface area contributed by atoms with Crippen molar-refractivity contribution < 1.29 is 4.74 Å². The Hall–Kier alpha value is -0.290. The van der Waals surface area contributed by atoms with Gasteiger partial charge in [-0.3, -0.25) is 4.90 Å². The molecule has 1 aromatic heterocycles. The molecular weight excluding hydrogens is 280 g/mol. The molecule has 0 unspecified atom stereocenters. The van der Waals surface area contributed by atoms with Crippen LogP contribution in [0, 0.1) is 5.41 Å². The summed E-state index contributed by atoms with van der Waals surface area (Å²) in [6, 6.07) is 2.08. The molecule has 0 saturated carbocycles. The number of methoxy groups -OCH3 is 1. The van der Waals surface area contributed by atoms with Gasteiger partial charge in [0, 0.05) is 13.1 Å². The molecule has 19 heavy (non-hydrogen) atoms. The van der Waals surface area contributed by atoms with Crippen LogP contribution >= 0.6 is 23.7 Å². The van der Waals surface area contributed by atoms with Crippen molar-refractivity contribution in [2.24, 2.45) is 5.41 Å². The topological polar surface area (TPSA) is 24.5 Å². The number of halogens is 1. The summed E-state index contributed by atoms with van der Waals surface area (Å²) >= 11 is 1.82. The van der Waals surface area contributed by atoms with Gasteiger partial charge in [0.1, 0.15) is 5.75 Å². The summed E-state index contributed by atoms with van der Waals surface area (Å²) in [6.07, 6.45) is 4.08. The Morgan fingerprint density at radius 2 is 2.16 bits per heavy atom. The summed E-state index contributed by atoms with van der Waals surface area (Å²) in [4.78, 5) is 3.99. The second kappa shape index (κ2) is 6.44. The lowest BCUT2D eigenvalue weighted by molar-refractivity contribution is 0.194. The molecule has 2 fully saturated rings. The normalized spacial score (nSPS) is 22.4. The maximum absolute atomic E-state index is 5.41. The third-order valence-electron chi connectivity index (χ3n) is 4.47. The third kappa shape index (κ3) is 3.24. The van der Waals surface area contributed by atoms with E-state index in [0.29, 0.717) is 5.41 Å². The van der Waals surface area contributed by atoms with Gasteiger partial charge in [-0.2, -0.15) is 0 Å². The number of hydrogen-bond donors (Lipinski definition) is 1. The molecule has 2 aliphatic heterocycles. The first-order chi connectivity index (χ1) is 8.81. The minimum Gasteiger partial charge on any atom is -0.496 e. The number of rotatable bonds is 3. The zero-order valence-electron chi connectivity index (χ0n) is 11.5. The van der Waals surface area contributed by atoms with E-state index in [2.05, 4.69) is 21.7 Å². The Morgan fingerprint density at radius 1 is 1.37 bits per heavy atom. The average molecular weight is 303 g/mol. The number of hydrogen-bond acceptors (Lipinski definition) is 4. The number of likely N-dealkylation sites (tertiary alicyclic amines) is 1. The molecule has 3 heterocycles. The molecule has 0 radical (unpaired) electrons. The van der Waals surface area contributed by atoms with E-state index >= 15 is 0 Å². The first-order valence-corrected chi connectivity index (χ1v) is 7.73. The van der Waals surface area contributed by atoms with Gasteiger partial charge in [-0.15, -0.1) is 23.7 Å². The van der Waals surface area contributed by atoms with Gasteiger partial charge >= 0.3 is 0 Å². The summed E-state index contributed by atoms with van der Waals surface area (Å²) in [5.41, 5.74) is 0.607. The Morgan fingerprint density at radius 3 is 2.89 bits per heavy atom. The Bertz CT molecular complexity index is 404. The molecule has 0 atom stereocenters. The standard InChI is InChI=1S/C14H22N2OS.ClH/c1-17-12-2-9-18-13(12)10-16-8-5-14(11-16)3-6-15-7-4-14;/h2,9,15H,3-8,10-11H2,1H3;1H. The molecule has 2 saturated heterocycles. The van der Waals surface area contributed by atoms with Crippen LogP contribution in [0.15, 0.2) is 11.4 Å². The van der Waals surface area contributed by atoms with E-state index in [1.54, 1.807) is 7.11 Å². The molecule has 0 amide bonds. The van der Waals surface area contributed by atoms with E-state index in [1.165, 1.54) is 50.3 Å². The fourth-order valence-corrected chi connectivity index (χ4v) is 4.24. The highest BCUT2D eigenvalue weighted by molar-refractivity contribution is 7.10. The molecule has 3 rings (SSSR count). The number of nitrogens with one attached hydrogen (secondary N) is 1. The first kappa shape index (κ1) is 15.1. The second-order valence-electron chi connectivity index (χ2n) is 5.62. The van der Waals surface area contributed by atoms with Gasteiger partial charge in [0.2, 0.25) is 0 Å². The predicted molar refractivity (Wildman–Crippen MR) is 82.5 cm³/mol. The van der Waals surface area contributed by atoms with E-state index in [4.69, 9.17) is 4.74 Å². The Labute approximate surface area is 125 Å². The molecule has 0 aliphatic carbocycles. The van der Waals surface area contributed by atoms with Crippen LogP contribution in [0.4, 0.5) is 0 Å². The lowest BCUT2D eigenvalue weighted by Gasteiger charge is -2.33. The maximum Gasteiger partial charge on any atom is 0.134 e. The van der Waals surface area contributed by atoms with Crippen LogP contribution in [0.2, 0.25) is 0 Å². The molecule has 1 spiro atoms. The van der Waals surface area contributed by atoms with Gasteiger partial charge in [0.25, 0.3) is 0 Å². The molecule has 3 nitrogen and oxygen atoms in total. The van der Waals surface area contributed by atoms with Crippen LogP contribution in [-0.2, 0) is 6.54 Å². The molecule has 0 bridgehead atoms. The molecule has 1 N–H and O–H groups in total. The van der Waals surface area contributed by atoms with Gasteiger partial charge in [-0.05, 0) is 55.8 Å². The van der Waals surface area contributed by atoms with Crippen molar-refractivity contribution in [1.82, 2.24) is 10.2 Å². The minimum absolute atomic E-state index is 0. The maximum atomic E-state index is 5.41. The number of ether oxygens (including phenoxy) is 1. The van der Waals surface area contributed by atoms with Gasteiger partial charge in [0.15, 0.2) is 0 Å². The Kier molecular flexibility index (Phi) is 5.12. The largest absolute Gasteiger partial charge is 0.496 e. The van der Waals surface area contributed by atoms with Gasteiger partial charge in [0.05, 0.1) is 12.0 Å². The van der Waals surface area contributed by atoms with Crippen LogP contribution in [-0.4, -0.2) is 38.2 Å². The highest BCUT2D eigenvalue weighted by Gasteiger charge is 2.38. The predicted octanol–water partition coefficient (Wildman–Crippen LogP) is 2.75. The van der Waals surface area contributed by atoms with Crippen molar-refractivity contribution >= 4 is 23.7 Å². The highest BCUT2D eigenvalue weighted by Crippen LogP contribution is 2.39. The van der Waals surface area contributed by atoms with Crippen molar-refractivity contribution in [3.63, 3.8) is 0 Å². The summed E-state index contributed by atoms with van der Waals surface area (Å²) < 4.78 is 5.41. The number of thiophene rings is 1. The van der Waals surface area contributed by atoms with E-state index in [9.17, 15) is 0 Å². The van der Waals surface area contributed by atoms with E-state index in [-0.39, 0.29) is 12.4 Å². The fraction of sp³-hybridized carbons (Fsp3) is 0.714. The van der Waals surface area contributed by atoms with Crippen molar-refractivity contribution in [1.29, 1.82) is 0 Å². The molecule has 0 aromatic carbocycles.